The van der Waals surface area contributed by atoms with E-state index in [9.17, 15) is 0 Å². The number of fused-ring (bicyclic) bond motifs is 1. The number of benzene rings is 1. The number of hydrogen-bond donors (Lipinski definition) is 1. The van der Waals surface area contributed by atoms with Crippen molar-refractivity contribution in [3.63, 3.8) is 0 Å². The number of ether oxygens (including phenoxy) is 1. The van der Waals surface area contributed by atoms with E-state index in [1.165, 1.54) is 17.5 Å². The Morgan fingerprint density at radius 2 is 2.32 bits per heavy atom. The molecular formula is C15H21ClN2O. The highest BCUT2D eigenvalue weighted by atomic mass is 35.5. The Balaban J connectivity index is 1.80. The Hall–Kier alpha value is -0.770. The summed E-state index contributed by atoms with van der Waals surface area (Å²) in [6, 6.07) is 4.67. The molecule has 3 nitrogen and oxygen atoms in total. The van der Waals surface area contributed by atoms with Crippen LogP contribution in [0.2, 0.25) is 5.02 Å². The molecule has 1 aromatic rings. The molecule has 3 rings (SSSR count). The largest absolute Gasteiger partial charge is 0.493 e. The molecule has 2 heterocycles. The van der Waals surface area contributed by atoms with Crippen molar-refractivity contribution in [2.75, 3.05) is 19.7 Å². The summed E-state index contributed by atoms with van der Waals surface area (Å²) in [4.78, 5) is 2.49. The van der Waals surface area contributed by atoms with Crippen molar-refractivity contribution in [1.82, 2.24) is 4.90 Å². The maximum atomic E-state index is 6.21. The van der Waals surface area contributed by atoms with Gasteiger partial charge in [0.25, 0.3) is 0 Å². The molecule has 2 aliphatic heterocycles. The van der Waals surface area contributed by atoms with Gasteiger partial charge in [-0.05, 0) is 43.5 Å². The maximum Gasteiger partial charge on any atom is 0.127 e. The van der Waals surface area contributed by atoms with E-state index >= 15 is 0 Å². The van der Waals surface area contributed by atoms with Crippen LogP contribution < -0.4 is 10.5 Å². The van der Waals surface area contributed by atoms with Gasteiger partial charge in [0.1, 0.15) is 5.75 Å². The molecular weight excluding hydrogens is 260 g/mol. The van der Waals surface area contributed by atoms with Gasteiger partial charge in [-0.25, -0.2) is 0 Å². The van der Waals surface area contributed by atoms with Crippen molar-refractivity contribution in [2.24, 2.45) is 11.7 Å². The molecule has 2 atom stereocenters. The molecule has 1 saturated heterocycles. The van der Waals surface area contributed by atoms with Crippen LogP contribution in [0.3, 0.4) is 0 Å². The van der Waals surface area contributed by atoms with Crippen LogP contribution in [0.5, 0.6) is 5.75 Å². The fraction of sp³-hybridized carbons (Fsp3) is 0.600. The van der Waals surface area contributed by atoms with Crippen molar-refractivity contribution >= 4 is 11.6 Å². The van der Waals surface area contributed by atoms with E-state index in [0.29, 0.717) is 12.0 Å². The maximum absolute atomic E-state index is 6.21. The van der Waals surface area contributed by atoms with Crippen LogP contribution in [0.25, 0.3) is 0 Å². The first-order chi connectivity index (χ1) is 9.17. The summed E-state index contributed by atoms with van der Waals surface area (Å²) < 4.78 is 5.77. The van der Waals surface area contributed by atoms with Crippen LogP contribution in [0.15, 0.2) is 12.1 Å². The molecule has 0 spiro atoms. The lowest BCUT2D eigenvalue weighted by Crippen LogP contribution is -2.27. The lowest BCUT2D eigenvalue weighted by molar-refractivity contribution is 0.250. The van der Waals surface area contributed by atoms with Crippen molar-refractivity contribution in [2.45, 2.75) is 32.4 Å². The minimum atomic E-state index is 0.588. The van der Waals surface area contributed by atoms with Gasteiger partial charge in [0, 0.05) is 36.1 Å². The average molecular weight is 281 g/mol. The molecule has 1 fully saturated rings. The highest BCUT2D eigenvalue weighted by Crippen LogP contribution is 2.35. The van der Waals surface area contributed by atoms with Crippen molar-refractivity contribution in [1.29, 1.82) is 0 Å². The number of nitrogens with zero attached hydrogens (tertiary/aromatic N) is 1. The summed E-state index contributed by atoms with van der Waals surface area (Å²) in [5.41, 5.74) is 8.27. The molecule has 0 aliphatic carbocycles. The second kappa shape index (κ2) is 5.31. The van der Waals surface area contributed by atoms with Crippen molar-refractivity contribution in [3.05, 3.63) is 28.3 Å². The zero-order valence-electron chi connectivity index (χ0n) is 11.4. The summed E-state index contributed by atoms with van der Waals surface area (Å²) in [5.74, 6) is 1.69. The lowest BCUT2D eigenvalue weighted by Gasteiger charge is -2.22. The quantitative estimate of drug-likeness (QED) is 0.924. The van der Waals surface area contributed by atoms with Gasteiger partial charge in [-0.2, -0.15) is 0 Å². The van der Waals surface area contributed by atoms with Gasteiger partial charge in [-0.15, -0.1) is 0 Å². The zero-order chi connectivity index (χ0) is 13.4. The molecule has 2 N–H and O–H groups in total. The predicted molar refractivity (Wildman–Crippen MR) is 77.7 cm³/mol. The van der Waals surface area contributed by atoms with E-state index in [0.717, 1.165) is 43.4 Å². The molecule has 4 heteroatoms. The van der Waals surface area contributed by atoms with Gasteiger partial charge in [0.2, 0.25) is 0 Å². The topological polar surface area (TPSA) is 38.5 Å². The molecule has 0 aromatic heterocycles. The normalized spacial score (nSPS) is 26.5. The number of hydrogen-bond acceptors (Lipinski definition) is 3. The second-order valence-corrected chi connectivity index (χ2v) is 6.20. The van der Waals surface area contributed by atoms with Crippen LogP contribution in [0.1, 0.15) is 24.5 Å². The number of rotatable bonds is 3. The summed E-state index contributed by atoms with van der Waals surface area (Å²) in [7, 11) is 0. The van der Waals surface area contributed by atoms with Crippen LogP contribution in [0, 0.1) is 5.92 Å². The Morgan fingerprint density at radius 1 is 1.47 bits per heavy atom. The molecule has 104 valence electrons. The van der Waals surface area contributed by atoms with Crippen LogP contribution in [-0.4, -0.2) is 30.6 Å². The second-order valence-electron chi connectivity index (χ2n) is 5.77. The predicted octanol–water partition coefficient (Wildman–Crippen LogP) is 2.44. The molecule has 2 aliphatic rings. The Morgan fingerprint density at radius 3 is 3.05 bits per heavy atom. The molecule has 2 unspecified atom stereocenters. The number of halogens is 1. The average Bonchev–Trinajstić information content (AvgIpc) is 2.96. The molecule has 0 radical (unpaired) electrons. The zero-order valence-corrected chi connectivity index (χ0v) is 12.1. The van der Waals surface area contributed by atoms with Gasteiger partial charge in [0.05, 0.1) is 6.61 Å². The van der Waals surface area contributed by atoms with Crippen LogP contribution in [-0.2, 0) is 13.0 Å². The van der Waals surface area contributed by atoms with Gasteiger partial charge in [0.15, 0.2) is 0 Å². The lowest BCUT2D eigenvalue weighted by atomic mass is 10.1. The van der Waals surface area contributed by atoms with Gasteiger partial charge in [-0.1, -0.05) is 11.6 Å². The standard InChI is InChI=1S/C15H21ClN2O/c1-10-4-11(7-17)8-18(10)9-13-6-14(16)5-12-2-3-19-15(12)13/h5-6,10-11H,2-4,7-9,17H2,1H3. The summed E-state index contributed by atoms with van der Waals surface area (Å²) in [6.45, 7) is 5.84. The first-order valence-electron chi connectivity index (χ1n) is 7.05. The highest BCUT2D eigenvalue weighted by Gasteiger charge is 2.29. The molecule has 1 aromatic carbocycles. The Bertz CT molecular complexity index is 477. The smallest absolute Gasteiger partial charge is 0.127 e. The first kappa shape index (κ1) is 13.2. The Labute approximate surface area is 119 Å². The van der Waals surface area contributed by atoms with E-state index < -0.39 is 0 Å². The monoisotopic (exact) mass is 280 g/mol. The van der Waals surface area contributed by atoms with E-state index in [-0.39, 0.29) is 0 Å². The highest BCUT2D eigenvalue weighted by molar-refractivity contribution is 6.30. The van der Waals surface area contributed by atoms with E-state index in [2.05, 4.69) is 11.8 Å². The van der Waals surface area contributed by atoms with Gasteiger partial charge in [-0.3, -0.25) is 4.90 Å². The minimum absolute atomic E-state index is 0.588. The summed E-state index contributed by atoms with van der Waals surface area (Å²) >= 11 is 6.21. The third-order valence-corrected chi connectivity index (χ3v) is 4.54. The van der Waals surface area contributed by atoms with E-state index in [1.807, 2.05) is 12.1 Å². The molecule has 0 amide bonds. The Kier molecular flexibility index (Phi) is 3.70. The van der Waals surface area contributed by atoms with Crippen molar-refractivity contribution < 1.29 is 4.74 Å². The third-order valence-electron chi connectivity index (χ3n) is 4.32. The van der Waals surface area contributed by atoms with Crippen molar-refractivity contribution in [3.8, 4) is 5.75 Å². The summed E-state index contributed by atoms with van der Waals surface area (Å²) in [6.07, 6.45) is 2.17. The van der Waals surface area contributed by atoms with E-state index in [1.54, 1.807) is 0 Å². The van der Waals surface area contributed by atoms with Gasteiger partial charge < -0.3 is 10.5 Å². The molecule has 0 bridgehead atoms. The number of nitrogens with two attached hydrogens (primary N) is 1. The molecule has 0 saturated carbocycles. The fourth-order valence-electron chi connectivity index (χ4n) is 3.29. The minimum Gasteiger partial charge on any atom is -0.493 e. The SMILES string of the molecule is CC1CC(CN)CN1Cc1cc(Cl)cc2c1OCC2. The summed E-state index contributed by atoms with van der Waals surface area (Å²) in [5, 5.41) is 0.821. The third kappa shape index (κ3) is 2.60. The van der Waals surface area contributed by atoms with Crippen LogP contribution in [0.4, 0.5) is 0 Å². The first-order valence-corrected chi connectivity index (χ1v) is 7.43. The number of likely N-dealkylation sites (tertiary alicyclic amines) is 1. The van der Waals surface area contributed by atoms with Gasteiger partial charge >= 0.3 is 0 Å². The van der Waals surface area contributed by atoms with Crippen LogP contribution >= 0.6 is 11.6 Å². The molecule has 19 heavy (non-hydrogen) atoms. The van der Waals surface area contributed by atoms with E-state index in [4.69, 9.17) is 22.1 Å². The fourth-order valence-corrected chi connectivity index (χ4v) is 3.55.